The largest absolute Gasteiger partial charge is 0.495 e. The Morgan fingerprint density at radius 3 is 2.23 bits per heavy atom. The van der Waals surface area contributed by atoms with Gasteiger partial charge in [0.2, 0.25) is 15.9 Å². The number of carbonyl (C=O) groups is 1. The second-order valence-electron chi connectivity index (χ2n) is 7.74. The summed E-state index contributed by atoms with van der Waals surface area (Å²) in [6, 6.07) is 14.3. The van der Waals surface area contributed by atoms with Gasteiger partial charge < -0.3 is 14.5 Å². The van der Waals surface area contributed by atoms with E-state index in [1.165, 1.54) is 4.31 Å². The number of anilines is 2. The van der Waals surface area contributed by atoms with Crippen molar-refractivity contribution in [2.45, 2.75) is 26.3 Å². The lowest BCUT2D eigenvalue weighted by Gasteiger charge is -2.39. The summed E-state index contributed by atoms with van der Waals surface area (Å²) in [5.41, 5.74) is 2.62. The van der Waals surface area contributed by atoms with Crippen LogP contribution >= 0.6 is 0 Å². The fraction of sp³-hybridized carbons (Fsp3) is 0.435. The Bertz CT molecular complexity index is 1000. The van der Waals surface area contributed by atoms with E-state index in [4.69, 9.17) is 4.74 Å². The third-order valence-electron chi connectivity index (χ3n) is 5.68. The van der Waals surface area contributed by atoms with E-state index >= 15 is 0 Å². The van der Waals surface area contributed by atoms with Crippen LogP contribution in [0.1, 0.15) is 19.4 Å². The molecule has 0 N–H and O–H groups in total. The van der Waals surface area contributed by atoms with Crippen molar-refractivity contribution >= 4 is 27.3 Å². The number of rotatable bonds is 7. The van der Waals surface area contributed by atoms with Gasteiger partial charge in [-0.1, -0.05) is 31.2 Å². The summed E-state index contributed by atoms with van der Waals surface area (Å²) in [6.07, 6.45) is 2.01. The molecular weight excluding hydrogens is 414 g/mol. The van der Waals surface area contributed by atoms with Gasteiger partial charge in [0.05, 0.1) is 24.7 Å². The Hall–Kier alpha value is -2.74. The molecule has 0 spiro atoms. The van der Waals surface area contributed by atoms with Crippen LogP contribution in [0.4, 0.5) is 11.4 Å². The van der Waals surface area contributed by atoms with E-state index in [9.17, 15) is 13.2 Å². The zero-order chi connectivity index (χ0) is 22.6. The van der Waals surface area contributed by atoms with Crippen LogP contribution in [0.3, 0.4) is 0 Å². The van der Waals surface area contributed by atoms with Crippen LogP contribution in [0.5, 0.6) is 5.75 Å². The van der Waals surface area contributed by atoms with Crippen molar-refractivity contribution in [1.82, 2.24) is 4.90 Å². The molecule has 1 fully saturated rings. The molecule has 1 atom stereocenters. The Morgan fingerprint density at radius 1 is 1.06 bits per heavy atom. The highest BCUT2D eigenvalue weighted by Crippen LogP contribution is 2.29. The van der Waals surface area contributed by atoms with E-state index in [0.717, 1.165) is 29.7 Å². The number of ether oxygens (including phenoxy) is 1. The second kappa shape index (κ2) is 9.60. The Balaban J connectivity index is 1.73. The number of aryl methyl sites for hydroxylation is 1. The molecule has 1 unspecified atom stereocenters. The van der Waals surface area contributed by atoms with Crippen molar-refractivity contribution in [2.75, 3.05) is 48.7 Å². The lowest BCUT2D eigenvalue weighted by molar-refractivity contribution is -0.132. The maximum absolute atomic E-state index is 13.2. The molecule has 2 aromatic rings. The fourth-order valence-electron chi connectivity index (χ4n) is 4.00. The van der Waals surface area contributed by atoms with Crippen molar-refractivity contribution in [2.24, 2.45) is 0 Å². The minimum absolute atomic E-state index is 0.190. The number of amides is 1. The van der Waals surface area contributed by atoms with Gasteiger partial charge in [0, 0.05) is 26.2 Å². The summed E-state index contributed by atoms with van der Waals surface area (Å²) in [5, 5.41) is 0. The van der Waals surface area contributed by atoms with Crippen LogP contribution in [-0.2, 0) is 21.2 Å². The fourth-order valence-corrected chi connectivity index (χ4v) is 5.17. The molecule has 8 heteroatoms. The van der Waals surface area contributed by atoms with Gasteiger partial charge in [-0.3, -0.25) is 9.10 Å². The molecule has 0 saturated carbocycles. The smallest absolute Gasteiger partial charge is 0.246 e. The lowest BCUT2D eigenvalue weighted by atomic mass is 10.1. The minimum atomic E-state index is -3.62. The first-order valence-electron chi connectivity index (χ1n) is 10.5. The lowest BCUT2D eigenvalue weighted by Crippen LogP contribution is -2.55. The molecular formula is C23H31N3O4S. The van der Waals surface area contributed by atoms with Gasteiger partial charge in [-0.2, -0.15) is 0 Å². The second-order valence-corrected chi connectivity index (χ2v) is 9.60. The molecule has 3 rings (SSSR count). The first-order chi connectivity index (χ1) is 14.8. The number of hydrogen-bond donors (Lipinski definition) is 0. The van der Waals surface area contributed by atoms with Crippen molar-refractivity contribution in [3.05, 3.63) is 54.1 Å². The van der Waals surface area contributed by atoms with Gasteiger partial charge in [0.15, 0.2) is 0 Å². The predicted molar refractivity (Wildman–Crippen MR) is 124 cm³/mol. The number of hydrogen-bond acceptors (Lipinski definition) is 5. The van der Waals surface area contributed by atoms with Gasteiger partial charge in [-0.25, -0.2) is 8.42 Å². The Labute approximate surface area is 185 Å². The van der Waals surface area contributed by atoms with Crippen LogP contribution in [0, 0.1) is 0 Å². The molecule has 1 aliphatic heterocycles. The average Bonchev–Trinajstić information content (AvgIpc) is 2.78. The first kappa shape index (κ1) is 22.9. The normalized spacial score (nSPS) is 15.5. The van der Waals surface area contributed by atoms with Gasteiger partial charge in [0.25, 0.3) is 0 Å². The first-order valence-corrected chi connectivity index (χ1v) is 12.4. The molecule has 0 bridgehead atoms. The van der Waals surface area contributed by atoms with Crippen LogP contribution in [0.15, 0.2) is 48.5 Å². The molecule has 7 nitrogen and oxygen atoms in total. The molecule has 0 aromatic heterocycles. The summed E-state index contributed by atoms with van der Waals surface area (Å²) < 4.78 is 31.8. The highest BCUT2D eigenvalue weighted by molar-refractivity contribution is 7.92. The number of piperazine rings is 1. The summed E-state index contributed by atoms with van der Waals surface area (Å²) >= 11 is 0. The maximum Gasteiger partial charge on any atom is 0.246 e. The number of methoxy groups -OCH3 is 1. The Morgan fingerprint density at radius 2 is 1.68 bits per heavy atom. The van der Waals surface area contributed by atoms with Crippen LogP contribution in [0.25, 0.3) is 0 Å². The highest BCUT2D eigenvalue weighted by Gasteiger charge is 2.33. The zero-order valence-electron chi connectivity index (χ0n) is 18.6. The molecule has 1 aliphatic rings. The SMILES string of the molecule is CCc1ccc(N(C(C)C(=O)N2CCN(c3ccccc3OC)CC2)S(C)(=O)=O)cc1. The van der Waals surface area contributed by atoms with Gasteiger partial charge in [-0.05, 0) is 43.2 Å². The summed E-state index contributed by atoms with van der Waals surface area (Å²) in [4.78, 5) is 17.2. The zero-order valence-corrected chi connectivity index (χ0v) is 19.4. The molecule has 2 aromatic carbocycles. The van der Waals surface area contributed by atoms with Crippen LogP contribution in [0.2, 0.25) is 0 Å². The minimum Gasteiger partial charge on any atom is -0.495 e. The average molecular weight is 446 g/mol. The topological polar surface area (TPSA) is 70.2 Å². The molecule has 0 aliphatic carbocycles. The predicted octanol–water partition coefficient (Wildman–Crippen LogP) is 2.76. The third-order valence-corrected chi connectivity index (χ3v) is 6.92. The molecule has 168 valence electrons. The Kier molecular flexibility index (Phi) is 7.10. The molecule has 1 saturated heterocycles. The number of para-hydroxylation sites is 2. The van der Waals surface area contributed by atoms with E-state index in [0.29, 0.717) is 31.9 Å². The standard InChI is InChI=1S/C23H31N3O4S/c1-5-19-10-12-20(13-11-19)26(31(4,28)29)18(2)23(27)25-16-14-24(15-17-25)21-8-6-7-9-22(21)30-3/h6-13,18H,5,14-17H2,1-4H3. The summed E-state index contributed by atoms with van der Waals surface area (Å²) in [6.45, 7) is 6.05. The van der Waals surface area contributed by atoms with Crippen molar-refractivity contribution in [1.29, 1.82) is 0 Å². The molecule has 1 amide bonds. The number of benzene rings is 2. The van der Waals surface area contributed by atoms with E-state index in [1.54, 1.807) is 31.1 Å². The molecule has 0 radical (unpaired) electrons. The third kappa shape index (κ3) is 5.12. The quantitative estimate of drug-likeness (QED) is 0.656. The van der Waals surface area contributed by atoms with Crippen LogP contribution < -0.4 is 13.9 Å². The molecule has 1 heterocycles. The summed E-state index contributed by atoms with van der Waals surface area (Å²) in [5.74, 6) is 0.610. The molecule has 31 heavy (non-hydrogen) atoms. The van der Waals surface area contributed by atoms with Crippen molar-refractivity contribution in [3.63, 3.8) is 0 Å². The monoisotopic (exact) mass is 445 g/mol. The number of carbonyl (C=O) groups excluding carboxylic acids is 1. The maximum atomic E-state index is 13.2. The van der Waals surface area contributed by atoms with E-state index in [1.807, 2.05) is 43.3 Å². The van der Waals surface area contributed by atoms with Gasteiger partial charge >= 0.3 is 0 Å². The van der Waals surface area contributed by atoms with Gasteiger partial charge in [0.1, 0.15) is 11.8 Å². The van der Waals surface area contributed by atoms with E-state index < -0.39 is 16.1 Å². The highest BCUT2D eigenvalue weighted by atomic mass is 32.2. The number of sulfonamides is 1. The van der Waals surface area contributed by atoms with E-state index in [2.05, 4.69) is 4.90 Å². The number of nitrogens with zero attached hydrogens (tertiary/aromatic N) is 3. The van der Waals surface area contributed by atoms with E-state index in [-0.39, 0.29) is 5.91 Å². The van der Waals surface area contributed by atoms with Crippen LogP contribution in [-0.4, -0.2) is 64.8 Å². The summed E-state index contributed by atoms with van der Waals surface area (Å²) in [7, 11) is -1.98. The van der Waals surface area contributed by atoms with Gasteiger partial charge in [-0.15, -0.1) is 0 Å². The van der Waals surface area contributed by atoms with Crippen molar-refractivity contribution in [3.8, 4) is 5.75 Å². The van der Waals surface area contributed by atoms with Crippen molar-refractivity contribution < 1.29 is 17.9 Å².